The summed E-state index contributed by atoms with van der Waals surface area (Å²) >= 11 is 0. The fourth-order valence-electron chi connectivity index (χ4n) is 3.33. The first kappa shape index (κ1) is 22.7. The van der Waals surface area contributed by atoms with Gasteiger partial charge in [-0.15, -0.1) is 0 Å². The van der Waals surface area contributed by atoms with Crippen LogP contribution in [0.2, 0.25) is 0 Å². The Hall–Kier alpha value is -3.52. The highest BCUT2D eigenvalue weighted by molar-refractivity contribution is 5.99. The summed E-state index contributed by atoms with van der Waals surface area (Å²) in [6, 6.07) is 10.6. The molecule has 3 aromatic rings. The maximum absolute atomic E-state index is 14.5. The van der Waals surface area contributed by atoms with Gasteiger partial charge in [0.05, 0.1) is 12.2 Å². The predicted octanol–water partition coefficient (Wildman–Crippen LogP) is 4.32. The number of aliphatic hydroxyl groups excluding tert-OH is 1. The van der Waals surface area contributed by atoms with Crippen LogP contribution < -0.4 is 10.1 Å². The Morgan fingerprint density at radius 2 is 1.94 bits per heavy atom. The molecule has 1 fully saturated rings. The zero-order valence-corrected chi connectivity index (χ0v) is 18.4. The molecule has 7 nitrogen and oxygen atoms in total. The summed E-state index contributed by atoms with van der Waals surface area (Å²) in [5, 5.41) is 11.5. The smallest absolute Gasteiger partial charge is 0.254 e. The number of nitrogens with one attached hydrogen (secondary N) is 1. The highest BCUT2D eigenvalue weighted by Gasteiger charge is 2.30. The van der Waals surface area contributed by atoms with Gasteiger partial charge in [0.2, 0.25) is 5.89 Å². The highest BCUT2D eigenvalue weighted by Crippen LogP contribution is 2.33. The number of aromatic nitrogens is 1. The fourth-order valence-corrected chi connectivity index (χ4v) is 3.33. The number of carbonyl (C=O) groups excluding carboxylic acids is 2. The van der Waals surface area contributed by atoms with Crippen molar-refractivity contribution in [1.82, 2.24) is 10.3 Å². The molecule has 1 aromatic heterocycles. The number of rotatable bonds is 9. The lowest BCUT2D eigenvalue weighted by Gasteiger charge is -2.12. The van der Waals surface area contributed by atoms with E-state index in [1.807, 2.05) is 0 Å². The molecular weight excluding hydrogens is 427 g/mol. The number of amides is 1. The standard InChI is InChI=1S/C25H25FN2O5/c1-14(12-29)27-24(31)20-10-7-18(11-21(20)26)25-28-22(13-32-25)15(2)33-19-8-5-17(6-9-19)23(30)16-3-4-16/h5-11,13-16,29H,3-4,12H2,1-2H3,(H,27,31). The normalized spacial score (nSPS) is 15.0. The lowest BCUT2D eigenvalue weighted by Crippen LogP contribution is -2.35. The number of carbonyl (C=O) groups is 2. The number of nitrogens with zero attached hydrogens (tertiary/aromatic N) is 1. The molecule has 1 saturated carbocycles. The van der Waals surface area contributed by atoms with E-state index >= 15 is 0 Å². The van der Waals surface area contributed by atoms with Crippen LogP contribution in [-0.4, -0.2) is 34.4 Å². The van der Waals surface area contributed by atoms with Crippen LogP contribution >= 0.6 is 0 Å². The minimum Gasteiger partial charge on any atom is -0.484 e. The molecule has 1 amide bonds. The average molecular weight is 452 g/mol. The Bertz CT molecular complexity index is 1150. The van der Waals surface area contributed by atoms with E-state index in [2.05, 4.69) is 10.3 Å². The van der Waals surface area contributed by atoms with Crippen molar-refractivity contribution in [3.63, 3.8) is 0 Å². The van der Waals surface area contributed by atoms with E-state index in [0.717, 1.165) is 12.8 Å². The molecule has 172 valence electrons. The molecule has 2 aromatic carbocycles. The minimum absolute atomic E-state index is 0.133. The van der Waals surface area contributed by atoms with Crippen molar-refractivity contribution >= 4 is 11.7 Å². The molecule has 0 bridgehead atoms. The zero-order chi connectivity index (χ0) is 23.5. The maximum Gasteiger partial charge on any atom is 0.254 e. The summed E-state index contributed by atoms with van der Waals surface area (Å²) < 4.78 is 25.9. The number of benzene rings is 2. The van der Waals surface area contributed by atoms with Crippen molar-refractivity contribution in [2.75, 3.05) is 6.61 Å². The van der Waals surface area contributed by atoms with E-state index in [0.29, 0.717) is 22.6 Å². The van der Waals surface area contributed by atoms with Gasteiger partial charge in [-0.1, -0.05) is 0 Å². The molecule has 4 rings (SSSR count). The van der Waals surface area contributed by atoms with Crippen LogP contribution in [0.25, 0.3) is 11.5 Å². The summed E-state index contributed by atoms with van der Waals surface area (Å²) in [5.74, 6) is -0.199. The monoisotopic (exact) mass is 452 g/mol. The van der Waals surface area contributed by atoms with Gasteiger partial charge in [0.15, 0.2) is 5.78 Å². The van der Waals surface area contributed by atoms with E-state index in [4.69, 9.17) is 14.3 Å². The van der Waals surface area contributed by atoms with Crippen molar-refractivity contribution in [1.29, 1.82) is 0 Å². The average Bonchev–Trinajstić information content (AvgIpc) is 3.54. The number of aliphatic hydroxyl groups is 1. The number of hydrogen-bond donors (Lipinski definition) is 2. The van der Waals surface area contributed by atoms with E-state index < -0.39 is 23.9 Å². The summed E-state index contributed by atoms with van der Waals surface area (Å²) in [7, 11) is 0. The third kappa shape index (κ3) is 5.28. The zero-order valence-electron chi connectivity index (χ0n) is 18.4. The van der Waals surface area contributed by atoms with Crippen LogP contribution in [-0.2, 0) is 0 Å². The summed E-state index contributed by atoms with van der Waals surface area (Å²) in [4.78, 5) is 28.6. The molecule has 0 spiro atoms. The SMILES string of the molecule is CC(CO)NC(=O)c1ccc(-c2nc(C(C)Oc3ccc(C(=O)C4CC4)cc3)co2)cc1F. The number of Topliss-reactive ketones (excluding diaryl/α,β-unsaturated/α-hetero) is 1. The quantitative estimate of drug-likeness (QED) is 0.469. The van der Waals surface area contributed by atoms with Crippen LogP contribution in [0.5, 0.6) is 5.75 Å². The third-order valence-corrected chi connectivity index (χ3v) is 5.45. The Kier molecular flexibility index (Phi) is 6.55. The van der Waals surface area contributed by atoms with E-state index in [1.54, 1.807) is 44.2 Å². The van der Waals surface area contributed by atoms with Gasteiger partial charge in [-0.3, -0.25) is 9.59 Å². The van der Waals surface area contributed by atoms with Crippen molar-refractivity contribution in [3.05, 3.63) is 71.4 Å². The Morgan fingerprint density at radius 1 is 1.21 bits per heavy atom. The van der Waals surface area contributed by atoms with Gasteiger partial charge in [0.1, 0.15) is 29.6 Å². The van der Waals surface area contributed by atoms with Crippen molar-refractivity contribution < 1.29 is 28.2 Å². The summed E-state index contributed by atoms with van der Waals surface area (Å²) in [6.45, 7) is 3.18. The van der Waals surface area contributed by atoms with Gasteiger partial charge >= 0.3 is 0 Å². The predicted molar refractivity (Wildman–Crippen MR) is 118 cm³/mol. The van der Waals surface area contributed by atoms with E-state index in [9.17, 15) is 14.0 Å². The Labute approximate surface area is 190 Å². The van der Waals surface area contributed by atoms with Gasteiger partial charge in [-0.05, 0) is 69.2 Å². The van der Waals surface area contributed by atoms with Crippen molar-refractivity contribution in [2.45, 2.75) is 38.8 Å². The van der Waals surface area contributed by atoms with Gasteiger partial charge in [0.25, 0.3) is 5.91 Å². The van der Waals surface area contributed by atoms with E-state index in [1.165, 1.54) is 18.4 Å². The van der Waals surface area contributed by atoms with Gasteiger partial charge in [-0.25, -0.2) is 9.37 Å². The largest absolute Gasteiger partial charge is 0.484 e. The Balaban J connectivity index is 1.42. The molecule has 0 saturated heterocycles. The first-order valence-corrected chi connectivity index (χ1v) is 10.8. The molecule has 1 aliphatic rings. The summed E-state index contributed by atoms with van der Waals surface area (Å²) in [6.07, 6.45) is 2.92. The van der Waals surface area contributed by atoms with Crippen LogP contribution in [0.3, 0.4) is 0 Å². The first-order chi connectivity index (χ1) is 15.9. The molecule has 33 heavy (non-hydrogen) atoms. The van der Waals surface area contributed by atoms with Crippen molar-refractivity contribution in [3.8, 4) is 17.2 Å². The second kappa shape index (κ2) is 9.54. The number of hydrogen-bond acceptors (Lipinski definition) is 6. The second-order valence-electron chi connectivity index (χ2n) is 8.25. The van der Waals surface area contributed by atoms with Crippen LogP contribution in [0, 0.1) is 11.7 Å². The number of halogens is 1. The Morgan fingerprint density at radius 3 is 2.58 bits per heavy atom. The molecular formula is C25H25FN2O5. The van der Waals surface area contributed by atoms with Crippen LogP contribution in [0.1, 0.15) is 59.2 Å². The lowest BCUT2D eigenvalue weighted by molar-refractivity contribution is 0.0917. The molecule has 0 aliphatic heterocycles. The number of ether oxygens (including phenoxy) is 1. The molecule has 8 heteroatoms. The minimum atomic E-state index is -0.722. The molecule has 0 radical (unpaired) electrons. The van der Waals surface area contributed by atoms with Gasteiger partial charge in [-0.2, -0.15) is 0 Å². The fraction of sp³-hybridized carbons (Fsp3) is 0.320. The van der Waals surface area contributed by atoms with Crippen LogP contribution in [0.15, 0.2) is 53.1 Å². The summed E-state index contributed by atoms with van der Waals surface area (Å²) in [5.41, 5.74) is 1.44. The first-order valence-electron chi connectivity index (χ1n) is 10.8. The maximum atomic E-state index is 14.5. The number of oxazole rings is 1. The topological polar surface area (TPSA) is 102 Å². The molecule has 2 N–H and O–H groups in total. The third-order valence-electron chi connectivity index (χ3n) is 5.45. The molecule has 2 atom stereocenters. The van der Waals surface area contributed by atoms with Gasteiger partial charge < -0.3 is 19.6 Å². The van der Waals surface area contributed by atoms with Crippen LogP contribution in [0.4, 0.5) is 4.39 Å². The molecule has 1 heterocycles. The van der Waals surface area contributed by atoms with E-state index in [-0.39, 0.29) is 29.8 Å². The van der Waals surface area contributed by atoms with Gasteiger partial charge in [0, 0.05) is 23.1 Å². The molecule has 2 unspecified atom stereocenters. The highest BCUT2D eigenvalue weighted by atomic mass is 19.1. The second-order valence-corrected chi connectivity index (χ2v) is 8.25. The molecule has 1 aliphatic carbocycles. The van der Waals surface area contributed by atoms with Crippen molar-refractivity contribution in [2.24, 2.45) is 5.92 Å². The lowest BCUT2D eigenvalue weighted by atomic mass is 10.1. The number of ketones is 1.